The molecule has 0 bridgehead atoms. The number of esters is 1. The number of carbonyl (C=O) groups is 4. The van der Waals surface area contributed by atoms with Crippen LogP contribution in [-0.2, 0) is 19.1 Å². The number of para-hydroxylation sites is 1. The predicted molar refractivity (Wildman–Crippen MR) is 112 cm³/mol. The van der Waals surface area contributed by atoms with E-state index in [0.717, 1.165) is 10.9 Å². The van der Waals surface area contributed by atoms with Crippen LogP contribution in [0.5, 0.6) is 0 Å². The largest absolute Gasteiger partial charge is 0.467 e. The number of methoxy groups -OCH3 is 1. The highest BCUT2D eigenvalue weighted by atomic mass is 16.5. The van der Waals surface area contributed by atoms with Gasteiger partial charge in [0.15, 0.2) is 0 Å². The number of nitrogens with one attached hydrogen (secondary N) is 3. The second kappa shape index (κ2) is 8.41. The van der Waals surface area contributed by atoms with Gasteiger partial charge in [0, 0.05) is 29.4 Å². The molecule has 2 fully saturated rings. The molecule has 1 aromatic heterocycles. The Bertz CT molecular complexity index is 999. The monoisotopic (exact) mass is 426 g/mol. The van der Waals surface area contributed by atoms with Gasteiger partial charge in [-0.25, -0.2) is 4.79 Å². The van der Waals surface area contributed by atoms with Crippen molar-refractivity contribution in [1.82, 2.24) is 20.5 Å². The van der Waals surface area contributed by atoms with Crippen LogP contribution in [0.1, 0.15) is 36.7 Å². The van der Waals surface area contributed by atoms with Crippen molar-refractivity contribution in [2.75, 3.05) is 13.7 Å². The summed E-state index contributed by atoms with van der Waals surface area (Å²) in [6.45, 7) is 2.39. The van der Waals surface area contributed by atoms with Gasteiger partial charge in [0.05, 0.1) is 7.11 Å². The zero-order valence-corrected chi connectivity index (χ0v) is 17.5. The first kappa shape index (κ1) is 20.9. The minimum absolute atomic E-state index is 0.114. The number of ether oxygens (including phenoxy) is 1. The normalized spacial score (nSPS) is 24.3. The maximum Gasteiger partial charge on any atom is 0.328 e. The summed E-state index contributed by atoms with van der Waals surface area (Å²) in [7, 11) is 1.27. The number of hydrogen-bond acceptors (Lipinski definition) is 5. The number of rotatable bonds is 6. The number of amides is 3. The molecule has 9 heteroatoms. The van der Waals surface area contributed by atoms with E-state index in [1.807, 2.05) is 31.2 Å². The molecular formula is C22H26N4O5. The number of hydrogen-bond donors (Lipinski definition) is 3. The maximum atomic E-state index is 13.2. The van der Waals surface area contributed by atoms with E-state index < -0.39 is 18.1 Å². The first-order chi connectivity index (χ1) is 14.9. The number of likely N-dealkylation sites (tertiary alicyclic amines) is 1. The molecule has 9 nitrogen and oxygen atoms in total. The van der Waals surface area contributed by atoms with Crippen molar-refractivity contribution in [3.63, 3.8) is 0 Å². The summed E-state index contributed by atoms with van der Waals surface area (Å²) in [6, 6.07) is 7.36. The van der Waals surface area contributed by atoms with Gasteiger partial charge < -0.3 is 25.3 Å². The van der Waals surface area contributed by atoms with Crippen LogP contribution in [0, 0.1) is 5.92 Å². The molecule has 2 saturated heterocycles. The highest BCUT2D eigenvalue weighted by molar-refractivity contribution is 6.01. The van der Waals surface area contributed by atoms with Crippen LogP contribution in [0.15, 0.2) is 30.3 Å². The summed E-state index contributed by atoms with van der Waals surface area (Å²) in [5.41, 5.74) is 1.20. The van der Waals surface area contributed by atoms with Gasteiger partial charge in [-0.05, 0) is 38.3 Å². The Balaban J connectivity index is 1.49. The lowest BCUT2D eigenvalue weighted by molar-refractivity contribution is -0.153. The summed E-state index contributed by atoms with van der Waals surface area (Å²) in [4.78, 5) is 54.9. The Kier molecular flexibility index (Phi) is 5.67. The first-order valence-corrected chi connectivity index (χ1v) is 10.5. The average molecular weight is 426 g/mol. The van der Waals surface area contributed by atoms with Crippen molar-refractivity contribution in [1.29, 1.82) is 0 Å². The molecule has 0 aliphatic carbocycles. The van der Waals surface area contributed by atoms with E-state index >= 15 is 0 Å². The maximum absolute atomic E-state index is 13.2. The van der Waals surface area contributed by atoms with E-state index in [9.17, 15) is 19.2 Å². The third kappa shape index (κ3) is 3.99. The molecule has 0 spiro atoms. The van der Waals surface area contributed by atoms with Gasteiger partial charge in [-0.15, -0.1) is 0 Å². The fourth-order valence-corrected chi connectivity index (χ4v) is 4.56. The zero-order chi connectivity index (χ0) is 22.1. The topological polar surface area (TPSA) is 121 Å². The van der Waals surface area contributed by atoms with E-state index in [-0.39, 0.29) is 36.1 Å². The van der Waals surface area contributed by atoms with Gasteiger partial charge in [-0.3, -0.25) is 14.4 Å². The van der Waals surface area contributed by atoms with Crippen LogP contribution in [0.4, 0.5) is 0 Å². The van der Waals surface area contributed by atoms with Crippen LogP contribution in [0.2, 0.25) is 0 Å². The Hall–Kier alpha value is -3.36. The Morgan fingerprint density at radius 3 is 2.74 bits per heavy atom. The third-order valence-electron chi connectivity index (χ3n) is 6.16. The summed E-state index contributed by atoms with van der Waals surface area (Å²) >= 11 is 0. The van der Waals surface area contributed by atoms with Gasteiger partial charge in [0.2, 0.25) is 11.8 Å². The Morgan fingerprint density at radius 1 is 1.29 bits per heavy atom. The van der Waals surface area contributed by atoms with Crippen molar-refractivity contribution in [3.05, 3.63) is 36.0 Å². The molecule has 4 rings (SSSR count). The number of benzene rings is 1. The minimum atomic E-state index is -0.865. The molecule has 3 amide bonds. The third-order valence-corrected chi connectivity index (χ3v) is 6.16. The van der Waals surface area contributed by atoms with Gasteiger partial charge in [-0.1, -0.05) is 18.2 Å². The van der Waals surface area contributed by atoms with Crippen molar-refractivity contribution in [2.24, 2.45) is 5.92 Å². The molecule has 2 aromatic rings. The number of carbonyl (C=O) groups excluding carboxylic acids is 4. The molecule has 1 aromatic carbocycles. The molecule has 3 N–H and O–H groups in total. The van der Waals surface area contributed by atoms with Crippen molar-refractivity contribution in [2.45, 2.75) is 44.3 Å². The lowest BCUT2D eigenvalue weighted by atomic mass is 9.97. The summed E-state index contributed by atoms with van der Waals surface area (Å²) in [5, 5.41) is 6.45. The van der Waals surface area contributed by atoms with Gasteiger partial charge in [0.1, 0.15) is 17.8 Å². The number of aromatic nitrogens is 1. The van der Waals surface area contributed by atoms with E-state index in [0.29, 0.717) is 25.1 Å². The second-order valence-corrected chi connectivity index (χ2v) is 8.18. The quantitative estimate of drug-likeness (QED) is 0.594. The Labute approximate surface area is 179 Å². The number of H-pyrrole nitrogens is 1. The molecule has 3 heterocycles. The molecule has 2 aliphatic heterocycles. The lowest BCUT2D eigenvalue weighted by Gasteiger charge is -2.30. The van der Waals surface area contributed by atoms with Crippen LogP contribution < -0.4 is 10.6 Å². The highest BCUT2D eigenvalue weighted by Crippen LogP contribution is 2.28. The first-order valence-electron chi connectivity index (χ1n) is 10.5. The van der Waals surface area contributed by atoms with Crippen molar-refractivity contribution in [3.8, 4) is 0 Å². The van der Waals surface area contributed by atoms with Crippen molar-refractivity contribution >= 4 is 34.6 Å². The molecule has 2 aliphatic rings. The molecule has 0 saturated carbocycles. The molecule has 0 radical (unpaired) electrons. The van der Waals surface area contributed by atoms with E-state index in [1.165, 1.54) is 12.0 Å². The number of nitrogens with zero attached hydrogens (tertiary/aromatic N) is 1. The van der Waals surface area contributed by atoms with E-state index in [2.05, 4.69) is 15.6 Å². The van der Waals surface area contributed by atoms with Crippen LogP contribution in [0.25, 0.3) is 10.9 Å². The molecule has 31 heavy (non-hydrogen) atoms. The summed E-state index contributed by atoms with van der Waals surface area (Å²) in [5.74, 6) is -1.73. The minimum Gasteiger partial charge on any atom is -0.467 e. The molecule has 4 atom stereocenters. The average Bonchev–Trinajstić information content (AvgIpc) is 3.44. The highest BCUT2D eigenvalue weighted by Gasteiger charge is 2.46. The second-order valence-electron chi connectivity index (χ2n) is 8.18. The van der Waals surface area contributed by atoms with E-state index in [1.54, 1.807) is 6.07 Å². The molecule has 4 unspecified atom stereocenters. The standard InChI is InChI=1S/C22H26N4O5/c1-12-9-17(25-20(28)16-10-13-5-3-4-6-15(13)24-16)21(29)26(12)18(22(30)31-2)11-14-7-8-23-19(14)27/h3-6,10,12,14,17-18,24H,7-9,11H2,1-2H3,(H,23,27)(H,25,28). The lowest BCUT2D eigenvalue weighted by Crippen LogP contribution is -2.50. The smallest absolute Gasteiger partial charge is 0.328 e. The number of fused-ring (bicyclic) bond motifs is 1. The van der Waals surface area contributed by atoms with E-state index in [4.69, 9.17) is 4.74 Å². The van der Waals surface area contributed by atoms with Crippen LogP contribution in [0.3, 0.4) is 0 Å². The van der Waals surface area contributed by atoms with Crippen LogP contribution >= 0.6 is 0 Å². The fourth-order valence-electron chi connectivity index (χ4n) is 4.56. The molecule has 164 valence electrons. The fraction of sp³-hybridized carbons (Fsp3) is 0.455. The van der Waals surface area contributed by atoms with Crippen molar-refractivity contribution < 1.29 is 23.9 Å². The zero-order valence-electron chi connectivity index (χ0n) is 17.5. The SMILES string of the molecule is COC(=O)C(CC1CCNC1=O)N1C(=O)C(NC(=O)c2cc3ccccc3[nH]2)CC1C. The van der Waals surface area contributed by atoms with Gasteiger partial charge in [0.25, 0.3) is 5.91 Å². The van der Waals surface area contributed by atoms with Gasteiger partial charge in [-0.2, -0.15) is 0 Å². The predicted octanol–water partition coefficient (Wildman–Crippen LogP) is 0.955. The van der Waals surface area contributed by atoms with Crippen LogP contribution in [-0.4, -0.2) is 65.4 Å². The van der Waals surface area contributed by atoms with Gasteiger partial charge >= 0.3 is 5.97 Å². The molecular weight excluding hydrogens is 400 g/mol. The number of aromatic amines is 1. The summed E-state index contributed by atoms with van der Waals surface area (Å²) in [6.07, 6.45) is 1.19. The summed E-state index contributed by atoms with van der Waals surface area (Å²) < 4.78 is 4.93. The Morgan fingerprint density at radius 2 is 2.06 bits per heavy atom.